The number of aliphatic hydroxyl groups excluding tert-OH is 1. The molecule has 0 amide bonds. The van der Waals surface area contributed by atoms with Crippen LogP contribution in [0, 0.1) is 0 Å². The fourth-order valence-corrected chi connectivity index (χ4v) is 1.94. The molecule has 1 saturated carbocycles. The summed E-state index contributed by atoms with van der Waals surface area (Å²) < 4.78 is 0. The lowest BCUT2D eigenvalue weighted by Gasteiger charge is -2.36. The van der Waals surface area contributed by atoms with Crippen molar-refractivity contribution in [2.45, 2.75) is 24.9 Å². The molecule has 0 atom stereocenters. The van der Waals surface area contributed by atoms with E-state index in [0.717, 1.165) is 11.6 Å². The number of nitrogens with zero attached hydrogens (tertiary/aromatic N) is 3. The van der Waals surface area contributed by atoms with Crippen molar-refractivity contribution in [3.05, 3.63) is 17.0 Å². The Hall–Kier alpha value is -0.870. The second-order valence-electron chi connectivity index (χ2n) is 4.24. The topological polar surface area (TPSA) is 49.2 Å². The zero-order valence-electron chi connectivity index (χ0n) is 8.23. The van der Waals surface area contributed by atoms with Crippen LogP contribution in [-0.4, -0.2) is 34.3 Å². The summed E-state index contributed by atoms with van der Waals surface area (Å²) in [4.78, 5) is 10.7. The normalized spacial score (nSPS) is 21.6. The fraction of sp³-hybridized carbons (Fsp3) is 0.600. The summed E-state index contributed by atoms with van der Waals surface area (Å²) in [6.07, 6.45) is 2.12. The van der Waals surface area contributed by atoms with Crippen LogP contribution in [0.15, 0.2) is 6.07 Å². The van der Waals surface area contributed by atoms with E-state index >= 15 is 0 Å². The quantitative estimate of drug-likeness (QED) is 0.769. The SMILES string of the molecule is OC1CN(c2cc(Cl)nc(C3CC3)n2)C1. The molecule has 0 unspecified atom stereocenters. The molecule has 2 fully saturated rings. The van der Waals surface area contributed by atoms with E-state index in [-0.39, 0.29) is 6.10 Å². The predicted molar refractivity (Wildman–Crippen MR) is 57.2 cm³/mol. The molecule has 1 aromatic heterocycles. The Morgan fingerprint density at radius 3 is 2.67 bits per heavy atom. The molecule has 0 radical (unpaired) electrons. The van der Waals surface area contributed by atoms with Gasteiger partial charge in [0.05, 0.1) is 6.10 Å². The Balaban J connectivity index is 1.87. The minimum absolute atomic E-state index is 0.219. The van der Waals surface area contributed by atoms with Crippen molar-refractivity contribution in [3.8, 4) is 0 Å². The molecule has 2 heterocycles. The Labute approximate surface area is 92.9 Å². The zero-order chi connectivity index (χ0) is 10.4. The molecular formula is C10H12ClN3O. The van der Waals surface area contributed by atoms with Crippen LogP contribution in [0.3, 0.4) is 0 Å². The first kappa shape index (κ1) is 9.36. The van der Waals surface area contributed by atoms with Crippen molar-refractivity contribution in [1.29, 1.82) is 0 Å². The highest BCUT2D eigenvalue weighted by molar-refractivity contribution is 6.29. The molecule has 2 aliphatic rings. The first-order valence-electron chi connectivity index (χ1n) is 5.20. The van der Waals surface area contributed by atoms with Crippen molar-refractivity contribution >= 4 is 17.4 Å². The van der Waals surface area contributed by atoms with Crippen LogP contribution in [0.5, 0.6) is 0 Å². The first-order chi connectivity index (χ1) is 7.22. The minimum atomic E-state index is -0.219. The number of β-amino-alcohol motifs (C(OH)–C–C–N with tert-alkyl or cyclic N) is 1. The largest absolute Gasteiger partial charge is 0.389 e. The van der Waals surface area contributed by atoms with Gasteiger partial charge in [0.25, 0.3) is 0 Å². The molecule has 1 N–H and O–H groups in total. The summed E-state index contributed by atoms with van der Waals surface area (Å²) in [6, 6.07) is 1.76. The molecule has 3 rings (SSSR count). The Morgan fingerprint density at radius 2 is 2.07 bits per heavy atom. The summed E-state index contributed by atoms with van der Waals surface area (Å²) in [6.45, 7) is 1.30. The van der Waals surface area contributed by atoms with Gasteiger partial charge in [0.15, 0.2) is 0 Å². The highest BCUT2D eigenvalue weighted by Gasteiger charge is 2.30. The molecule has 80 valence electrons. The van der Waals surface area contributed by atoms with Gasteiger partial charge >= 0.3 is 0 Å². The third-order valence-electron chi connectivity index (χ3n) is 2.83. The van der Waals surface area contributed by atoms with E-state index in [1.165, 1.54) is 12.8 Å². The number of hydrogen-bond donors (Lipinski definition) is 1. The number of hydrogen-bond acceptors (Lipinski definition) is 4. The Bertz CT molecular complexity index is 388. The predicted octanol–water partition coefficient (Wildman–Crippen LogP) is 1.19. The van der Waals surface area contributed by atoms with Crippen molar-refractivity contribution in [3.63, 3.8) is 0 Å². The number of aromatic nitrogens is 2. The molecule has 1 aliphatic carbocycles. The Morgan fingerprint density at radius 1 is 1.33 bits per heavy atom. The third-order valence-corrected chi connectivity index (χ3v) is 3.02. The van der Waals surface area contributed by atoms with Crippen LogP contribution < -0.4 is 4.90 Å². The number of halogens is 1. The van der Waals surface area contributed by atoms with E-state index in [4.69, 9.17) is 11.6 Å². The molecule has 15 heavy (non-hydrogen) atoms. The highest BCUT2D eigenvalue weighted by atomic mass is 35.5. The summed E-state index contributed by atoms with van der Waals surface area (Å²) in [5.41, 5.74) is 0. The van der Waals surface area contributed by atoms with E-state index < -0.39 is 0 Å². The highest BCUT2D eigenvalue weighted by Crippen LogP contribution is 2.39. The van der Waals surface area contributed by atoms with Gasteiger partial charge in [-0.25, -0.2) is 9.97 Å². The number of anilines is 1. The first-order valence-corrected chi connectivity index (χ1v) is 5.57. The van der Waals surface area contributed by atoms with Gasteiger partial charge < -0.3 is 10.0 Å². The number of aliphatic hydroxyl groups is 1. The van der Waals surface area contributed by atoms with E-state index in [0.29, 0.717) is 24.2 Å². The average Bonchev–Trinajstić information content (AvgIpc) is 2.94. The smallest absolute Gasteiger partial charge is 0.135 e. The van der Waals surface area contributed by atoms with Gasteiger partial charge in [-0.1, -0.05) is 11.6 Å². The average molecular weight is 226 g/mol. The lowest BCUT2D eigenvalue weighted by molar-refractivity contribution is 0.141. The third kappa shape index (κ3) is 1.79. The van der Waals surface area contributed by atoms with Gasteiger partial charge in [-0.2, -0.15) is 0 Å². The van der Waals surface area contributed by atoms with E-state index in [1.807, 2.05) is 4.90 Å². The van der Waals surface area contributed by atoms with Crippen LogP contribution in [-0.2, 0) is 0 Å². The van der Waals surface area contributed by atoms with E-state index in [1.54, 1.807) is 6.07 Å². The Kier molecular flexibility index (Phi) is 2.07. The van der Waals surface area contributed by atoms with E-state index in [9.17, 15) is 5.11 Å². The molecule has 1 saturated heterocycles. The standard InChI is InChI=1S/C10H12ClN3O/c11-8-3-9(14-4-7(15)5-14)13-10(12-8)6-1-2-6/h3,6-7,15H,1-2,4-5H2. The zero-order valence-corrected chi connectivity index (χ0v) is 8.98. The van der Waals surface area contributed by atoms with Gasteiger partial charge in [0.2, 0.25) is 0 Å². The van der Waals surface area contributed by atoms with Gasteiger partial charge in [0.1, 0.15) is 16.8 Å². The number of rotatable bonds is 2. The summed E-state index contributed by atoms with van der Waals surface area (Å²) in [5.74, 6) is 2.22. The second-order valence-corrected chi connectivity index (χ2v) is 4.63. The van der Waals surface area contributed by atoms with Gasteiger partial charge in [-0.15, -0.1) is 0 Å². The summed E-state index contributed by atoms with van der Waals surface area (Å²) in [7, 11) is 0. The van der Waals surface area contributed by atoms with Gasteiger partial charge in [-0.3, -0.25) is 0 Å². The van der Waals surface area contributed by atoms with Crippen LogP contribution in [0.4, 0.5) is 5.82 Å². The summed E-state index contributed by atoms with van der Waals surface area (Å²) in [5, 5.41) is 9.72. The lowest BCUT2D eigenvalue weighted by atomic mass is 10.2. The van der Waals surface area contributed by atoms with Crippen LogP contribution in [0.25, 0.3) is 0 Å². The van der Waals surface area contributed by atoms with Crippen LogP contribution in [0.1, 0.15) is 24.6 Å². The maximum Gasteiger partial charge on any atom is 0.135 e. The molecule has 0 spiro atoms. The fourth-order valence-electron chi connectivity index (χ4n) is 1.75. The summed E-state index contributed by atoms with van der Waals surface area (Å²) >= 11 is 5.94. The lowest BCUT2D eigenvalue weighted by Crippen LogP contribution is -2.51. The molecule has 0 bridgehead atoms. The van der Waals surface area contributed by atoms with Crippen molar-refractivity contribution in [1.82, 2.24) is 9.97 Å². The van der Waals surface area contributed by atoms with Crippen molar-refractivity contribution < 1.29 is 5.11 Å². The van der Waals surface area contributed by atoms with Crippen LogP contribution >= 0.6 is 11.6 Å². The minimum Gasteiger partial charge on any atom is -0.389 e. The molecule has 5 heteroatoms. The van der Waals surface area contributed by atoms with E-state index in [2.05, 4.69) is 9.97 Å². The second kappa shape index (κ2) is 3.32. The van der Waals surface area contributed by atoms with Gasteiger partial charge in [-0.05, 0) is 12.8 Å². The van der Waals surface area contributed by atoms with Crippen molar-refractivity contribution in [2.75, 3.05) is 18.0 Å². The molecular weight excluding hydrogens is 214 g/mol. The maximum atomic E-state index is 9.22. The van der Waals surface area contributed by atoms with Crippen molar-refractivity contribution in [2.24, 2.45) is 0 Å². The molecule has 1 aromatic rings. The monoisotopic (exact) mass is 225 g/mol. The van der Waals surface area contributed by atoms with Gasteiger partial charge in [0, 0.05) is 25.1 Å². The molecule has 0 aromatic carbocycles. The molecule has 4 nitrogen and oxygen atoms in total. The van der Waals surface area contributed by atoms with Crippen LogP contribution in [0.2, 0.25) is 5.15 Å². The molecule has 1 aliphatic heterocycles. The maximum absolute atomic E-state index is 9.22.